The number of nitro benzene ring substituents is 1. The molecule has 0 radical (unpaired) electrons. The monoisotopic (exact) mass is 391 g/mol. The van der Waals surface area contributed by atoms with Crippen LogP contribution in [0.3, 0.4) is 0 Å². The zero-order chi connectivity index (χ0) is 19.6. The highest BCUT2D eigenvalue weighted by molar-refractivity contribution is 7.90. The molecule has 144 valence electrons. The van der Waals surface area contributed by atoms with Crippen LogP contribution < -0.4 is 4.72 Å². The van der Waals surface area contributed by atoms with Gasteiger partial charge in [0, 0.05) is 25.2 Å². The third kappa shape index (κ3) is 4.16. The van der Waals surface area contributed by atoms with Crippen LogP contribution in [0.4, 0.5) is 5.69 Å². The van der Waals surface area contributed by atoms with E-state index in [0.29, 0.717) is 5.56 Å². The van der Waals surface area contributed by atoms with Crippen LogP contribution in [0.5, 0.6) is 0 Å². The SMILES string of the molecule is CC(NS(=O)(=O)C1CON(C)C1c1cccc([N+](=O)[O-])c1)c1ccccc1. The minimum absolute atomic E-state index is 0.0271. The summed E-state index contributed by atoms with van der Waals surface area (Å²) in [5.41, 5.74) is 1.28. The van der Waals surface area contributed by atoms with Gasteiger partial charge in [0.05, 0.1) is 17.6 Å². The maximum atomic E-state index is 13.0. The second-order valence-electron chi connectivity index (χ2n) is 6.47. The maximum absolute atomic E-state index is 13.0. The first-order valence-corrected chi connectivity index (χ1v) is 10.0. The number of nitro groups is 1. The molecule has 27 heavy (non-hydrogen) atoms. The van der Waals surface area contributed by atoms with Crippen LogP contribution >= 0.6 is 0 Å². The molecule has 1 aliphatic rings. The molecule has 1 aliphatic heterocycles. The van der Waals surface area contributed by atoms with Gasteiger partial charge in [0.1, 0.15) is 5.25 Å². The summed E-state index contributed by atoms with van der Waals surface area (Å²) in [5.74, 6) is 0. The standard InChI is InChI=1S/C18H21N3O5S/c1-13(14-7-4-3-5-8-14)19-27(24,25)17-12-26-20(2)18(17)15-9-6-10-16(11-15)21(22)23/h3-11,13,17-19H,12H2,1-2H3. The number of hydrogen-bond donors (Lipinski definition) is 1. The Morgan fingerprint density at radius 2 is 1.93 bits per heavy atom. The Balaban J connectivity index is 1.87. The number of benzene rings is 2. The predicted molar refractivity (Wildman–Crippen MR) is 100 cm³/mol. The summed E-state index contributed by atoms with van der Waals surface area (Å²) >= 11 is 0. The lowest BCUT2D eigenvalue weighted by molar-refractivity contribution is -0.385. The molecular formula is C18H21N3O5S. The van der Waals surface area contributed by atoms with Crippen molar-refractivity contribution in [3.8, 4) is 0 Å². The van der Waals surface area contributed by atoms with Crippen LogP contribution in [0.1, 0.15) is 30.1 Å². The van der Waals surface area contributed by atoms with Gasteiger partial charge in [-0.3, -0.25) is 15.0 Å². The van der Waals surface area contributed by atoms with Crippen molar-refractivity contribution in [1.82, 2.24) is 9.79 Å². The molecule has 3 atom stereocenters. The lowest BCUT2D eigenvalue weighted by Crippen LogP contribution is -2.40. The molecule has 1 saturated heterocycles. The van der Waals surface area contributed by atoms with Gasteiger partial charge in [-0.2, -0.15) is 5.06 Å². The molecule has 8 nitrogen and oxygen atoms in total. The van der Waals surface area contributed by atoms with Gasteiger partial charge in [0.2, 0.25) is 10.0 Å². The van der Waals surface area contributed by atoms with Crippen molar-refractivity contribution >= 4 is 15.7 Å². The number of hydroxylamine groups is 2. The fraction of sp³-hybridized carbons (Fsp3) is 0.333. The molecule has 0 saturated carbocycles. The van der Waals surface area contributed by atoms with Crippen molar-refractivity contribution in [3.63, 3.8) is 0 Å². The van der Waals surface area contributed by atoms with Gasteiger partial charge in [-0.05, 0) is 18.1 Å². The molecule has 0 aliphatic carbocycles. The molecule has 0 bridgehead atoms. The van der Waals surface area contributed by atoms with Gasteiger partial charge >= 0.3 is 0 Å². The predicted octanol–water partition coefficient (Wildman–Crippen LogP) is 2.56. The summed E-state index contributed by atoms with van der Waals surface area (Å²) in [6.45, 7) is 1.75. The van der Waals surface area contributed by atoms with E-state index in [0.717, 1.165) is 5.56 Å². The Labute approximate surface area is 157 Å². The van der Waals surface area contributed by atoms with Crippen molar-refractivity contribution in [2.24, 2.45) is 0 Å². The van der Waals surface area contributed by atoms with E-state index in [1.807, 2.05) is 30.3 Å². The quantitative estimate of drug-likeness (QED) is 0.600. The highest BCUT2D eigenvalue weighted by Gasteiger charge is 2.44. The van der Waals surface area contributed by atoms with Crippen LogP contribution in [0, 0.1) is 10.1 Å². The highest BCUT2D eigenvalue weighted by Crippen LogP contribution is 2.35. The minimum atomic E-state index is -3.76. The molecule has 1 fully saturated rings. The van der Waals surface area contributed by atoms with E-state index in [9.17, 15) is 18.5 Å². The average molecular weight is 391 g/mol. The normalized spacial score (nSPS) is 21.9. The molecule has 1 N–H and O–H groups in total. The molecule has 0 spiro atoms. The minimum Gasteiger partial charge on any atom is -0.297 e. The summed E-state index contributed by atoms with van der Waals surface area (Å²) in [7, 11) is -2.13. The molecule has 3 rings (SSSR count). The second kappa shape index (κ2) is 7.73. The molecule has 9 heteroatoms. The van der Waals surface area contributed by atoms with Crippen LogP contribution in [0.2, 0.25) is 0 Å². The zero-order valence-electron chi connectivity index (χ0n) is 15.0. The Kier molecular flexibility index (Phi) is 5.56. The third-order valence-electron chi connectivity index (χ3n) is 4.65. The van der Waals surface area contributed by atoms with Gasteiger partial charge in [0.25, 0.3) is 5.69 Å². The number of hydrogen-bond acceptors (Lipinski definition) is 6. The molecular weight excluding hydrogens is 370 g/mol. The van der Waals surface area contributed by atoms with E-state index in [1.54, 1.807) is 26.1 Å². The Morgan fingerprint density at radius 1 is 1.22 bits per heavy atom. The molecule has 2 aromatic carbocycles. The van der Waals surface area contributed by atoms with E-state index in [4.69, 9.17) is 4.84 Å². The molecule has 3 unspecified atom stereocenters. The van der Waals surface area contributed by atoms with Crippen molar-refractivity contribution in [3.05, 3.63) is 75.8 Å². The summed E-state index contributed by atoms with van der Waals surface area (Å²) in [4.78, 5) is 16.0. The van der Waals surface area contributed by atoms with Crippen molar-refractivity contribution < 1.29 is 18.2 Å². The Bertz CT molecular complexity index is 920. The van der Waals surface area contributed by atoms with E-state index >= 15 is 0 Å². The topological polar surface area (TPSA) is 102 Å². The van der Waals surface area contributed by atoms with Crippen LogP contribution in [0.15, 0.2) is 54.6 Å². The van der Waals surface area contributed by atoms with E-state index in [2.05, 4.69) is 4.72 Å². The van der Waals surface area contributed by atoms with Gasteiger partial charge in [-0.25, -0.2) is 13.1 Å². The van der Waals surface area contributed by atoms with E-state index in [1.165, 1.54) is 17.2 Å². The second-order valence-corrected chi connectivity index (χ2v) is 8.40. The number of nitrogens with zero attached hydrogens (tertiary/aromatic N) is 2. The number of non-ortho nitro benzene ring substituents is 1. The first-order valence-electron chi connectivity index (χ1n) is 8.46. The first kappa shape index (κ1) is 19.4. The molecule has 2 aromatic rings. The lowest BCUT2D eigenvalue weighted by atomic mass is 10.0. The number of nitrogens with one attached hydrogen (secondary N) is 1. The smallest absolute Gasteiger partial charge is 0.269 e. The third-order valence-corrected chi connectivity index (χ3v) is 6.52. The first-order chi connectivity index (χ1) is 12.8. The fourth-order valence-corrected chi connectivity index (χ4v) is 4.96. The van der Waals surface area contributed by atoms with Crippen molar-refractivity contribution in [2.75, 3.05) is 13.7 Å². The molecule has 0 aromatic heterocycles. The summed E-state index contributed by atoms with van der Waals surface area (Å²) < 4.78 is 28.7. The zero-order valence-corrected chi connectivity index (χ0v) is 15.8. The van der Waals surface area contributed by atoms with Crippen molar-refractivity contribution in [2.45, 2.75) is 24.3 Å². The van der Waals surface area contributed by atoms with Gasteiger partial charge < -0.3 is 0 Å². The largest absolute Gasteiger partial charge is 0.297 e. The summed E-state index contributed by atoms with van der Waals surface area (Å²) in [6.07, 6.45) is 0. The van der Waals surface area contributed by atoms with Crippen molar-refractivity contribution in [1.29, 1.82) is 0 Å². The number of sulfonamides is 1. The average Bonchev–Trinajstić information content (AvgIpc) is 3.04. The van der Waals surface area contributed by atoms with Crippen LogP contribution in [-0.2, 0) is 14.9 Å². The van der Waals surface area contributed by atoms with Gasteiger partial charge in [-0.1, -0.05) is 42.5 Å². The molecule has 1 heterocycles. The van der Waals surface area contributed by atoms with E-state index in [-0.39, 0.29) is 12.3 Å². The highest BCUT2D eigenvalue weighted by atomic mass is 32.2. The fourth-order valence-electron chi connectivity index (χ4n) is 3.25. The van der Waals surface area contributed by atoms with Gasteiger partial charge in [0.15, 0.2) is 0 Å². The van der Waals surface area contributed by atoms with Crippen LogP contribution in [0.25, 0.3) is 0 Å². The van der Waals surface area contributed by atoms with Gasteiger partial charge in [-0.15, -0.1) is 0 Å². The molecule has 0 amide bonds. The Hall–Kier alpha value is -2.33. The van der Waals surface area contributed by atoms with E-state index < -0.39 is 32.3 Å². The maximum Gasteiger partial charge on any atom is 0.269 e. The van der Waals surface area contributed by atoms with Crippen LogP contribution in [-0.4, -0.2) is 37.3 Å². The Morgan fingerprint density at radius 3 is 2.59 bits per heavy atom. The summed E-state index contributed by atoms with van der Waals surface area (Å²) in [6, 6.07) is 14.2. The lowest BCUT2D eigenvalue weighted by Gasteiger charge is -2.24. The number of rotatable bonds is 6. The summed E-state index contributed by atoms with van der Waals surface area (Å²) in [5, 5.41) is 11.6.